The van der Waals surface area contributed by atoms with Crippen molar-refractivity contribution < 1.29 is 9.59 Å². The molecule has 39 heavy (non-hydrogen) atoms. The van der Waals surface area contributed by atoms with Crippen molar-refractivity contribution in [1.29, 1.82) is 0 Å². The van der Waals surface area contributed by atoms with E-state index in [2.05, 4.69) is 43.7 Å². The topological polar surface area (TPSA) is 108 Å². The van der Waals surface area contributed by atoms with E-state index in [1.165, 1.54) is 5.56 Å². The number of hydrogen-bond donors (Lipinski definition) is 3. The standard InChI is InChI=1S/C30H33N7O2/c1-36-10-4-22(5-11-36)37-18-21(16-34-37)35-29(39)20-12-24-25(17-33-28(24)32-15-20)19-2-3-23-26(13-19)30(14-27(23)38)6-8-31-9-7-30/h2-3,12-13,15-18,22,31H,4-11,14H2,1H3,(H,32,33)(H,35,39). The quantitative estimate of drug-likeness (QED) is 0.371. The molecule has 1 aliphatic carbocycles. The van der Waals surface area contributed by atoms with Gasteiger partial charge in [0.05, 0.1) is 23.5 Å². The van der Waals surface area contributed by atoms with Crippen LogP contribution >= 0.6 is 0 Å². The zero-order valence-electron chi connectivity index (χ0n) is 22.2. The number of H-pyrrole nitrogens is 1. The van der Waals surface area contributed by atoms with Crippen LogP contribution in [-0.4, -0.2) is 69.6 Å². The van der Waals surface area contributed by atoms with Crippen molar-refractivity contribution in [3.8, 4) is 11.1 Å². The first-order valence-electron chi connectivity index (χ1n) is 13.9. The minimum Gasteiger partial charge on any atom is -0.346 e. The van der Waals surface area contributed by atoms with Crippen LogP contribution < -0.4 is 10.6 Å². The Labute approximate surface area is 227 Å². The Bertz CT molecular complexity index is 1570. The number of ketones is 1. The maximum Gasteiger partial charge on any atom is 0.257 e. The number of rotatable bonds is 4. The zero-order valence-corrected chi connectivity index (χ0v) is 22.2. The molecule has 4 aromatic rings. The molecule has 3 aromatic heterocycles. The molecular weight excluding hydrogens is 490 g/mol. The monoisotopic (exact) mass is 523 g/mol. The average Bonchev–Trinajstić information content (AvgIpc) is 3.66. The number of amides is 1. The van der Waals surface area contributed by atoms with E-state index in [0.29, 0.717) is 23.7 Å². The highest BCUT2D eigenvalue weighted by atomic mass is 16.1. The van der Waals surface area contributed by atoms with Gasteiger partial charge in [-0.1, -0.05) is 12.1 Å². The van der Waals surface area contributed by atoms with E-state index in [4.69, 9.17) is 0 Å². The summed E-state index contributed by atoms with van der Waals surface area (Å²) in [5.41, 5.74) is 5.88. The molecule has 3 N–H and O–H groups in total. The number of carbonyl (C=O) groups is 2. The molecule has 1 amide bonds. The van der Waals surface area contributed by atoms with Gasteiger partial charge in [0.1, 0.15) is 5.65 Å². The summed E-state index contributed by atoms with van der Waals surface area (Å²) in [6.07, 6.45) is 11.8. The van der Waals surface area contributed by atoms with Crippen LogP contribution in [0.5, 0.6) is 0 Å². The highest BCUT2D eigenvalue weighted by Gasteiger charge is 2.43. The van der Waals surface area contributed by atoms with E-state index in [0.717, 1.165) is 79.6 Å². The smallest absolute Gasteiger partial charge is 0.257 e. The van der Waals surface area contributed by atoms with Crippen LogP contribution in [-0.2, 0) is 5.41 Å². The molecule has 0 bridgehead atoms. The van der Waals surface area contributed by atoms with Gasteiger partial charge in [-0.15, -0.1) is 0 Å². The fourth-order valence-electron chi connectivity index (χ4n) is 6.67. The summed E-state index contributed by atoms with van der Waals surface area (Å²) < 4.78 is 1.97. The molecule has 2 fully saturated rings. The van der Waals surface area contributed by atoms with Gasteiger partial charge in [-0.2, -0.15) is 5.10 Å². The molecule has 2 aliphatic heterocycles. The van der Waals surface area contributed by atoms with Crippen molar-refractivity contribution >= 4 is 28.4 Å². The number of aromatic nitrogens is 4. The van der Waals surface area contributed by atoms with Gasteiger partial charge in [0.15, 0.2) is 5.78 Å². The molecule has 3 aliphatic rings. The first-order chi connectivity index (χ1) is 19.0. The number of pyridine rings is 1. The normalized spacial score (nSPS) is 19.6. The first-order valence-corrected chi connectivity index (χ1v) is 13.9. The third-order valence-corrected chi connectivity index (χ3v) is 8.98. The van der Waals surface area contributed by atoms with Gasteiger partial charge < -0.3 is 20.5 Å². The van der Waals surface area contributed by atoms with Gasteiger partial charge in [-0.25, -0.2) is 4.98 Å². The minimum atomic E-state index is -0.215. The van der Waals surface area contributed by atoms with Crippen LogP contribution in [0.4, 0.5) is 5.69 Å². The number of Topliss-reactive ketones (excluding diaryl/α,β-unsaturated/α-hetero) is 1. The summed E-state index contributed by atoms with van der Waals surface area (Å²) in [5.74, 6) is 0.0323. The molecule has 0 radical (unpaired) electrons. The fourth-order valence-corrected chi connectivity index (χ4v) is 6.67. The zero-order chi connectivity index (χ0) is 26.6. The number of likely N-dealkylation sites (tertiary alicyclic amines) is 1. The third-order valence-electron chi connectivity index (χ3n) is 8.98. The van der Waals surface area contributed by atoms with Crippen LogP contribution in [0, 0.1) is 0 Å². The summed E-state index contributed by atoms with van der Waals surface area (Å²) in [6, 6.07) is 8.44. The maximum absolute atomic E-state index is 13.2. The minimum absolute atomic E-state index is 0.0684. The lowest BCUT2D eigenvalue weighted by Crippen LogP contribution is -2.38. The average molecular weight is 524 g/mol. The molecule has 1 aromatic carbocycles. The van der Waals surface area contributed by atoms with E-state index in [1.807, 2.05) is 35.3 Å². The Kier molecular flexibility index (Phi) is 5.86. The van der Waals surface area contributed by atoms with Crippen molar-refractivity contribution in [2.24, 2.45) is 0 Å². The van der Waals surface area contributed by atoms with Crippen LogP contribution in [0.1, 0.15) is 64.4 Å². The summed E-state index contributed by atoms with van der Waals surface area (Å²) in [6.45, 7) is 3.97. The van der Waals surface area contributed by atoms with E-state index in [9.17, 15) is 9.59 Å². The van der Waals surface area contributed by atoms with E-state index in [-0.39, 0.29) is 17.1 Å². The number of nitrogens with zero attached hydrogens (tertiary/aromatic N) is 4. The van der Waals surface area contributed by atoms with Crippen molar-refractivity contribution in [1.82, 2.24) is 30.0 Å². The van der Waals surface area contributed by atoms with Crippen LogP contribution in [0.2, 0.25) is 0 Å². The first kappa shape index (κ1) is 24.2. The lowest BCUT2D eigenvalue weighted by Gasteiger charge is -2.34. The molecule has 0 saturated carbocycles. The summed E-state index contributed by atoms with van der Waals surface area (Å²) in [4.78, 5) is 36.2. The molecule has 200 valence electrons. The van der Waals surface area contributed by atoms with E-state index in [1.54, 1.807) is 12.4 Å². The number of nitrogens with one attached hydrogen (secondary N) is 3. The summed E-state index contributed by atoms with van der Waals surface area (Å²) >= 11 is 0. The van der Waals surface area contributed by atoms with Gasteiger partial charge in [0, 0.05) is 46.9 Å². The van der Waals surface area contributed by atoms with E-state index >= 15 is 0 Å². The van der Waals surface area contributed by atoms with Crippen molar-refractivity contribution in [3.63, 3.8) is 0 Å². The number of piperidine rings is 2. The van der Waals surface area contributed by atoms with E-state index < -0.39 is 0 Å². The third kappa shape index (κ3) is 4.26. The Morgan fingerprint density at radius 1 is 1.10 bits per heavy atom. The van der Waals surface area contributed by atoms with Crippen LogP contribution in [0.15, 0.2) is 49.1 Å². The van der Waals surface area contributed by atoms with Crippen molar-refractivity contribution in [2.75, 3.05) is 38.5 Å². The predicted octanol–water partition coefficient (Wildman–Crippen LogP) is 4.15. The molecule has 2 saturated heterocycles. The number of fused-ring (bicyclic) bond motifs is 3. The molecule has 0 unspecified atom stereocenters. The number of benzene rings is 1. The second kappa shape index (κ2) is 9.43. The second-order valence-corrected chi connectivity index (χ2v) is 11.4. The molecule has 1 spiro atoms. The summed E-state index contributed by atoms with van der Waals surface area (Å²) in [7, 11) is 2.14. The van der Waals surface area contributed by atoms with Gasteiger partial charge >= 0.3 is 0 Å². The summed E-state index contributed by atoms with van der Waals surface area (Å²) in [5, 5.41) is 11.8. The number of hydrogen-bond acceptors (Lipinski definition) is 6. The molecule has 5 heterocycles. The number of carbonyl (C=O) groups excluding carboxylic acids is 2. The van der Waals surface area contributed by atoms with Gasteiger partial charge in [0.2, 0.25) is 0 Å². The number of aromatic amines is 1. The SMILES string of the molecule is CN1CCC(n2cc(NC(=O)c3cnc4[nH]cc(-c5ccc6c(c5)C5(CCNCC5)CC6=O)c4c3)cn2)CC1. The lowest BCUT2D eigenvalue weighted by molar-refractivity contribution is 0.0963. The van der Waals surface area contributed by atoms with Gasteiger partial charge in [-0.05, 0) is 82.2 Å². The Balaban J connectivity index is 1.15. The highest BCUT2D eigenvalue weighted by Crippen LogP contribution is 2.46. The van der Waals surface area contributed by atoms with Gasteiger partial charge in [-0.3, -0.25) is 14.3 Å². The second-order valence-electron chi connectivity index (χ2n) is 11.4. The molecule has 9 heteroatoms. The Morgan fingerprint density at radius 3 is 2.74 bits per heavy atom. The number of anilines is 1. The molecule has 9 nitrogen and oxygen atoms in total. The highest BCUT2D eigenvalue weighted by molar-refractivity contribution is 6.07. The Morgan fingerprint density at radius 2 is 1.92 bits per heavy atom. The van der Waals surface area contributed by atoms with Crippen LogP contribution in [0.3, 0.4) is 0 Å². The molecule has 0 atom stereocenters. The molecule has 7 rings (SSSR count). The van der Waals surface area contributed by atoms with Crippen molar-refractivity contribution in [3.05, 3.63) is 65.7 Å². The lowest BCUT2D eigenvalue weighted by atomic mass is 9.74. The fraction of sp³-hybridized carbons (Fsp3) is 0.400. The predicted molar refractivity (Wildman–Crippen MR) is 150 cm³/mol. The Hall–Kier alpha value is -3.82. The molecular formula is C30H33N7O2. The van der Waals surface area contributed by atoms with Crippen molar-refractivity contribution in [2.45, 2.75) is 43.6 Å². The van der Waals surface area contributed by atoms with Crippen LogP contribution in [0.25, 0.3) is 22.2 Å². The maximum atomic E-state index is 13.2. The van der Waals surface area contributed by atoms with Gasteiger partial charge in [0.25, 0.3) is 5.91 Å². The largest absolute Gasteiger partial charge is 0.346 e.